The summed E-state index contributed by atoms with van der Waals surface area (Å²) in [6.45, 7) is 3.53. The zero-order chi connectivity index (χ0) is 19.1. The Kier molecular flexibility index (Phi) is 7.26. The van der Waals surface area contributed by atoms with Crippen LogP contribution in [-0.4, -0.2) is 56.3 Å². The molecular formula is C20H31N3O3S. The average Bonchev–Trinajstić information content (AvgIpc) is 2.65. The van der Waals surface area contributed by atoms with Crippen LogP contribution in [0.2, 0.25) is 0 Å². The molecule has 3 rings (SSSR count). The predicted molar refractivity (Wildman–Crippen MR) is 107 cm³/mol. The van der Waals surface area contributed by atoms with Gasteiger partial charge in [0.05, 0.1) is 11.4 Å². The number of likely N-dealkylation sites (tertiary alicyclic amines) is 1. The van der Waals surface area contributed by atoms with Crippen molar-refractivity contribution in [1.82, 2.24) is 9.21 Å². The van der Waals surface area contributed by atoms with Crippen molar-refractivity contribution in [2.75, 3.05) is 38.0 Å². The summed E-state index contributed by atoms with van der Waals surface area (Å²) in [4.78, 5) is 14.8. The highest BCUT2D eigenvalue weighted by molar-refractivity contribution is 7.89. The van der Waals surface area contributed by atoms with Crippen molar-refractivity contribution in [3.05, 3.63) is 24.3 Å². The zero-order valence-corrected chi connectivity index (χ0v) is 16.8. The van der Waals surface area contributed by atoms with E-state index in [2.05, 4.69) is 10.2 Å². The summed E-state index contributed by atoms with van der Waals surface area (Å²) in [6.07, 6.45) is 9.01. The van der Waals surface area contributed by atoms with Gasteiger partial charge in [-0.15, -0.1) is 0 Å². The Morgan fingerprint density at radius 3 is 1.96 bits per heavy atom. The fourth-order valence-corrected chi connectivity index (χ4v) is 5.36. The Labute approximate surface area is 163 Å². The third-order valence-corrected chi connectivity index (χ3v) is 7.32. The molecule has 1 amide bonds. The van der Waals surface area contributed by atoms with Crippen LogP contribution in [0.3, 0.4) is 0 Å². The third kappa shape index (κ3) is 5.77. The fraction of sp³-hybridized carbons (Fsp3) is 0.650. The van der Waals surface area contributed by atoms with Gasteiger partial charge in [0.25, 0.3) is 0 Å². The summed E-state index contributed by atoms with van der Waals surface area (Å²) in [5, 5.41) is 2.89. The second-order valence-corrected chi connectivity index (χ2v) is 9.52. The maximum absolute atomic E-state index is 12.7. The smallest absolute Gasteiger partial charge is 0.243 e. The van der Waals surface area contributed by atoms with E-state index in [0.717, 1.165) is 45.2 Å². The first kappa shape index (κ1) is 20.3. The molecule has 150 valence electrons. The maximum atomic E-state index is 12.7. The van der Waals surface area contributed by atoms with Gasteiger partial charge in [0.1, 0.15) is 0 Å². The third-order valence-electron chi connectivity index (χ3n) is 5.41. The molecule has 1 aromatic carbocycles. The molecule has 0 saturated carbocycles. The molecule has 1 N–H and O–H groups in total. The minimum atomic E-state index is -3.43. The van der Waals surface area contributed by atoms with Gasteiger partial charge < -0.3 is 5.32 Å². The van der Waals surface area contributed by atoms with Gasteiger partial charge in [-0.25, -0.2) is 8.42 Å². The molecule has 0 unspecified atom stereocenters. The number of hydrogen-bond acceptors (Lipinski definition) is 4. The first-order valence-electron chi connectivity index (χ1n) is 10.2. The van der Waals surface area contributed by atoms with E-state index < -0.39 is 10.0 Å². The van der Waals surface area contributed by atoms with Crippen molar-refractivity contribution in [2.24, 2.45) is 0 Å². The lowest BCUT2D eigenvalue weighted by molar-refractivity contribution is -0.117. The first-order chi connectivity index (χ1) is 13.1. The molecule has 0 radical (unpaired) electrons. The topological polar surface area (TPSA) is 69.7 Å². The van der Waals surface area contributed by atoms with Crippen molar-refractivity contribution in [2.45, 2.75) is 56.3 Å². The average molecular weight is 394 g/mol. The molecule has 1 aromatic rings. The van der Waals surface area contributed by atoms with Crippen molar-refractivity contribution >= 4 is 21.6 Å². The van der Waals surface area contributed by atoms with Gasteiger partial charge in [0.15, 0.2) is 0 Å². The summed E-state index contributed by atoms with van der Waals surface area (Å²) in [7, 11) is -3.43. The van der Waals surface area contributed by atoms with Crippen LogP contribution in [0, 0.1) is 0 Å². The van der Waals surface area contributed by atoms with E-state index in [1.807, 2.05) is 0 Å². The van der Waals surface area contributed by atoms with Crippen LogP contribution in [0.1, 0.15) is 51.4 Å². The minimum Gasteiger partial charge on any atom is -0.325 e. The number of hydrogen-bond donors (Lipinski definition) is 1. The van der Waals surface area contributed by atoms with Crippen LogP contribution in [0.25, 0.3) is 0 Å². The second kappa shape index (κ2) is 9.66. The number of amides is 1. The Bertz CT molecular complexity index is 704. The molecule has 0 spiro atoms. The van der Waals surface area contributed by atoms with Gasteiger partial charge in [-0.1, -0.05) is 25.7 Å². The van der Waals surface area contributed by atoms with Crippen molar-refractivity contribution in [3.63, 3.8) is 0 Å². The van der Waals surface area contributed by atoms with E-state index in [9.17, 15) is 13.2 Å². The summed E-state index contributed by atoms with van der Waals surface area (Å²) in [6, 6.07) is 6.55. The minimum absolute atomic E-state index is 0.0396. The summed E-state index contributed by atoms with van der Waals surface area (Å²) < 4.78 is 26.9. The largest absolute Gasteiger partial charge is 0.325 e. The van der Waals surface area contributed by atoms with Gasteiger partial charge in [0, 0.05) is 18.8 Å². The van der Waals surface area contributed by atoms with Gasteiger partial charge in [-0.3, -0.25) is 9.69 Å². The number of piperidine rings is 1. The molecule has 2 fully saturated rings. The van der Waals surface area contributed by atoms with Gasteiger partial charge in [-0.2, -0.15) is 4.31 Å². The number of carbonyl (C=O) groups is 1. The lowest BCUT2D eigenvalue weighted by Crippen LogP contribution is -2.36. The monoisotopic (exact) mass is 393 g/mol. The van der Waals surface area contributed by atoms with E-state index in [0.29, 0.717) is 30.2 Å². The number of sulfonamides is 1. The van der Waals surface area contributed by atoms with Crippen LogP contribution < -0.4 is 5.32 Å². The maximum Gasteiger partial charge on any atom is 0.243 e. The molecule has 27 heavy (non-hydrogen) atoms. The highest BCUT2D eigenvalue weighted by atomic mass is 32.2. The highest BCUT2D eigenvalue weighted by Gasteiger charge is 2.25. The molecule has 7 heteroatoms. The SMILES string of the molecule is O=C(CN1CCCCCCC1)Nc1ccc(S(=O)(=O)N2CCCCC2)cc1. The molecule has 0 aliphatic carbocycles. The van der Waals surface area contributed by atoms with E-state index in [1.54, 1.807) is 28.6 Å². The molecule has 2 aliphatic heterocycles. The van der Waals surface area contributed by atoms with Crippen molar-refractivity contribution in [3.8, 4) is 0 Å². The standard InChI is InChI=1S/C20H31N3O3S/c24-20(17-22-13-5-2-1-3-6-14-22)21-18-9-11-19(12-10-18)27(25,26)23-15-7-4-8-16-23/h9-12H,1-8,13-17H2,(H,21,24). The molecule has 2 heterocycles. The predicted octanol–water partition coefficient (Wildman–Crippen LogP) is 3.07. The molecule has 0 bridgehead atoms. The summed E-state index contributed by atoms with van der Waals surface area (Å²) in [5.41, 5.74) is 0.643. The number of nitrogens with zero attached hydrogens (tertiary/aromatic N) is 2. The van der Waals surface area contributed by atoms with E-state index >= 15 is 0 Å². The number of benzene rings is 1. The Hall–Kier alpha value is -1.44. The number of anilines is 1. The van der Waals surface area contributed by atoms with Crippen LogP contribution in [0.4, 0.5) is 5.69 Å². The molecule has 2 saturated heterocycles. The molecule has 0 atom stereocenters. The van der Waals surface area contributed by atoms with E-state index in [-0.39, 0.29) is 5.91 Å². The summed E-state index contributed by atoms with van der Waals surface area (Å²) >= 11 is 0. The number of carbonyl (C=O) groups excluding carboxylic acids is 1. The molecular weight excluding hydrogens is 362 g/mol. The van der Waals surface area contributed by atoms with Crippen LogP contribution in [0.5, 0.6) is 0 Å². The number of rotatable bonds is 5. The molecule has 6 nitrogen and oxygen atoms in total. The first-order valence-corrected chi connectivity index (χ1v) is 11.6. The lowest BCUT2D eigenvalue weighted by Gasteiger charge is -2.26. The second-order valence-electron chi connectivity index (χ2n) is 7.58. The van der Waals surface area contributed by atoms with Crippen LogP contribution in [0.15, 0.2) is 29.2 Å². The van der Waals surface area contributed by atoms with Crippen molar-refractivity contribution < 1.29 is 13.2 Å². The Morgan fingerprint density at radius 1 is 0.815 bits per heavy atom. The van der Waals surface area contributed by atoms with Crippen molar-refractivity contribution in [1.29, 1.82) is 0 Å². The number of nitrogens with one attached hydrogen (secondary N) is 1. The Morgan fingerprint density at radius 2 is 1.33 bits per heavy atom. The summed E-state index contributed by atoms with van der Waals surface area (Å²) in [5.74, 6) is -0.0396. The highest BCUT2D eigenvalue weighted by Crippen LogP contribution is 2.22. The Balaban J connectivity index is 1.55. The van der Waals surface area contributed by atoms with E-state index in [4.69, 9.17) is 0 Å². The van der Waals surface area contributed by atoms with Gasteiger partial charge in [-0.05, 0) is 63.0 Å². The van der Waals surface area contributed by atoms with E-state index in [1.165, 1.54) is 19.3 Å². The van der Waals surface area contributed by atoms with Gasteiger partial charge >= 0.3 is 0 Å². The normalized spacial score (nSPS) is 20.6. The lowest BCUT2D eigenvalue weighted by atomic mass is 10.1. The fourth-order valence-electron chi connectivity index (χ4n) is 3.84. The van der Waals surface area contributed by atoms with Crippen LogP contribution in [-0.2, 0) is 14.8 Å². The molecule has 0 aromatic heterocycles. The zero-order valence-electron chi connectivity index (χ0n) is 16.0. The molecule has 2 aliphatic rings. The van der Waals surface area contributed by atoms with Gasteiger partial charge in [0.2, 0.25) is 15.9 Å². The quantitative estimate of drug-likeness (QED) is 0.835. The van der Waals surface area contributed by atoms with Crippen LogP contribution >= 0.6 is 0 Å².